The van der Waals surface area contributed by atoms with Crippen LogP contribution in [0.2, 0.25) is 0 Å². The van der Waals surface area contributed by atoms with Crippen molar-refractivity contribution in [3.05, 3.63) is 0 Å². The molecule has 0 aromatic heterocycles. The zero-order valence-electron chi connectivity index (χ0n) is 9.56. The lowest BCUT2D eigenvalue weighted by molar-refractivity contribution is 0.117. The predicted molar refractivity (Wildman–Crippen MR) is 57.9 cm³/mol. The minimum Gasteiger partial charge on any atom is -0.324 e. The van der Waals surface area contributed by atoms with Gasteiger partial charge < -0.3 is 11.1 Å². The number of rotatable bonds is 0. The van der Waals surface area contributed by atoms with Gasteiger partial charge in [-0.05, 0) is 36.5 Å². The lowest BCUT2D eigenvalue weighted by Gasteiger charge is -2.46. The summed E-state index contributed by atoms with van der Waals surface area (Å²) in [6.07, 6.45) is 3.93. The molecular formula is C12H22N2. The largest absolute Gasteiger partial charge is 0.324 e. The molecule has 0 amide bonds. The van der Waals surface area contributed by atoms with Gasteiger partial charge in [0.25, 0.3) is 0 Å². The van der Waals surface area contributed by atoms with Gasteiger partial charge in [0.15, 0.2) is 0 Å². The summed E-state index contributed by atoms with van der Waals surface area (Å²) in [4.78, 5) is 0. The Balaban J connectivity index is 2.07. The van der Waals surface area contributed by atoms with Crippen LogP contribution in [0.4, 0.5) is 0 Å². The number of fused-ring (bicyclic) bond motifs is 1. The molecule has 0 aromatic carbocycles. The fourth-order valence-corrected chi connectivity index (χ4v) is 5.03. The summed E-state index contributed by atoms with van der Waals surface area (Å²) in [6, 6.07) is 0.666. The van der Waals surface area contributed by atoms with Gasteiger partial charge in [-0.15, -0.1) is 0 Å². The Hall–Kier alpha value is -0.0800. The van der Waals surface area contributed by atoms with E-state index in [2.05, 4.69) is 26.1 Å². The molecule has 80 valence electrons. The zero-order chi connectivity index (χ0) is 10.2. The van der Waals surface area contributed by atoms with Crippen molar-refractivity contribution >= 4 is 0 Å². The zero-order valence-corrected chi connectivity index (χ0v) is 9.56. The predicted octanol–water partition coefficient (Wildman–Crippen LogP) is 1.50. The van der Waals surface area contributed by atoms with Crippen molar-refractivity contribution in [1.82, 2.24) is 5.32 Å². The van der Waals surface area contributed by atoms with Gasteiger partial charge in [0.1, 0.15) is 0 Å². The van der Waals surface area contributed by atoms with E-state index < -0.39 is 0 Å². The summed E-state index contributed by atoms with van der Waals surface area (Å²) < 4.78 is 0. The van der Waals surface area contributed by atoms with E-state index in [0.29, 0.717) is 16.9 Å². The van der Waals surface area contributed by atoms with E-state index in [1.54, 1.807) is 0 Å². The molecule has 4 unspecified atom stereocenters. The van der Waals surface area contributed by atoms with Gasteiger partial charge >= 0.3 is 0 Å². The van der Waals surface area contributed by atoms with Crippen molar-refractivity contribution in [2.45, 2.75) is 51.6 Å². The lowest BCUT2D eigenvalue weighted by atomic mass is 9.67. The van der Waals surface area contributed by atoms with Crippen LogP contribution in [-0.2, 0) is 0 Å². The van der Waals surface area contributed by atoms with Crippen molar-refractivity contribution in [2.24, 2.45) is 22.5 Å². The van der Waals surface area contributed by atoms with E-state index >= 15 is 0 Å². The summed E-state index contributed by atoms with van der Waals surface area (Å²) in [5.41, 5.74) is 7.64. The molecule has 3 N–H and O–H groups in total. The highest BCUT2D eigenvalue weighted by molar-refractivity contribution is 5.32. The SMILES string of the molecule is C[C@@H]1NCC2(N)CCCC3(C)C1C23C. The van der Waals surface area contributed by atoms with Crippen LogP contribution in [0.3, 0.4) is 0 Å². The van der Waals surface area contributed by atoms with E-state index in [-0.39, 0.29) is 5.54 Å². The average molecular weight is 194 g/mol. The normalized spacial score (nSPS) is 66.0. The van der Waals surface area contributed by atoms with Gasteiger partial charge in [0, 0.05) is 18.1 Å². The Labute approximate surface area is 86.6 Å². The fraction of sp³-hybridized carbons (Fsp3) is 1.00. The third-order valence-electron chi connectivity index (χ3n) is 6.00. The number of hydrogen-bond donors (Lipinski definition) is 2. The van der Waals surface area contributed by atoms with Crippen LogP contribution in [-0.4, -0.2) is 18.1 Å². The van der Waals surface area contributed by atoms with Crippen LogP contribution in [0, 0.1) is 16.7 Å². The summed E-state index contributed by atoms with van der Waals surface area (Å²) in [5, 5.41) is 3.61. The van der Waals surface area contributed by atoms with Gasteiger partial charge in [0.05, 0.1) is 0 Å². The number of nitrogens with one attached hydrogen (secondary N) is 1. The van der Waals surface area contributed by atoms with Crippen LogP contribution in [0.1, 0.15) is 40.0 Å². The molecule has 0 spiro atoms. The van der Waals surface area contributed by atoms with Crippen molar-refractivity contribution in [2.75, 3.05) is 6.54 Å². The molecule has 1 saturated heterocycles. The van der Waals surface area contributed by atoms with Crippen LogP contribution in [0.5, 0.6) is 0 Å². The quantitative estimate of drug-likeness (QED) is 0.613. The maximum Gasteiger partial charge on any atom is 0.0344 e. The molecule has 3 rings (SSSR count). The molecule has 1 heterocycles. The molecule has 14 heavy (non-hydrogen) atoms. The van der Waals surface area contributed by atoms with Crippen molar-refractivity contribution in [1.29, 1.82) is 0 Å². The molecule has 0 aromatic rings. The molecule has 1 aliphatic heterocycles. The molecule has 2 aliphatic carbocycles. The van der Waals surface area contributed by atoms with Crippen molar-refractivity contribution < 1.29 is 0 Å². The Morgan fingerprint density at radius 3 is 2.71 bits per heavy atom. The molecule has 0 radical (unpaired) electrons. The first-order valence-corrected chi connectivity index (χ1v) is 5.98. The molecule has 2 heteroatoms. The second-order valence-electron chi connectivity index (χ2n) is 6.28. The minimum absolute atomic E-state index is 0.0805. The van der Waals surface area contributed by atoms with E-state index in [9.17, 15) is 0 Å². The van der Waals surface area contributed by atoms with Crippen molar-refractivity contribution in [3.63, 3.8) is 0 Å². The molecule has 5 atom stereocenters. The molecular weight excluding hydrogens is 172 g/mol. The Kier molecular flexibility index (Phi) is 1.44. The maximum atomic E-state index is 6.60. The van der Waals surface area contributed by atoms with E-state index in [0.717, 1.165) is 12.5 Å². The van der Waals surface area contributed by atoms with E-state index in [1.165, 1.54) is 19.3 Å². The lowest BCUT2D eigenvalue weighted by Crippen LogP contribution is -2.62. The van der Waals surface area contributed by atoms with E-state index in [1.807, 2.05) is 0 Å². The summed E-state index contributed by atoms with van der Waals surface area (Å²) in [6.45, 7) is 8.26. The molecule has 0 bridgehead atoms. The third-order valence-corrected chi connectivity index (χ3v) is 6.00. The van der Waals surface area contributed by atoms with Crippen LogP contribution in [0.25, 0.3) is 0 Å². The van der Waals surface area contributed by atoms with Gasteiger partial charge in [-0.3, -0.25) is 0 Å². The monoisotopic (exact) mass is 194 g/mol. The summed E-state index contributed by atoms with van der Waals surface area (Å²) in [7, 11) is 0. The highest BCUT2D eigenvalue weighted by Crippen LogP contribution is 2.79. The first kappa shape index (κ1) is 9.17. The molecule has 2 nitrogen and oxygen atoms in total. The van der Waals surface area contributed by atoms with Gasteiger partial charge in [0.2, 0.25) is 0 Å². The first-order valence-electron chi connectivity index (χ1n) is 5.98. The Morgan fingerprint density at radius 2 is 2.00 bits per heavy atom. The van der Waals surface area contributed by atoms with E-state index in [4.69, 9.17) is 5.73 Å². The van der Waals surface area contributed by atoms with Crippen LogP contribution < -0.4 is 11.1 Å². The fourth-order valence-electron chi connectivity index (χ4n) is 5.03. The van der Waals surface area contributed by atoms with Crippen LogP contribution >= 0.6 is 0 Å². The highest BCUT2D eigenvalue weighted by atomic mass is 15.1. The second-order valence-corrected chi connectivity index (χ2v) is 6.28. The smallest absolute Gasteiger partial charge is 0.0344 e. The van der Waals surface area contributed by atoms with Gasteiger partial charge in [-0.2, -0.15) is 0 Å². The standard InChI is InChI=1S/C12H22N2/c1-8-9-10(2)5-4-6-12(13,7-14-8)11(9,10)3/h8-9,14H,4-7,13H2,1-3H3/t8-,9?,10?,11?,12?/m0/s1. The first-order chi connectivity index (χ1) is 6.46. The molecule has 2 saturated carbocycles. The Bertz CT molecular complexity index is 290. The second kappa shape index (κ2) is 2.19. The number of hydrogen-bond acceptors (Lipinski definition) is 2. The van der Waals surface area contributed by atoms with Crippen molar-refractivity contribution in [3.8, 4) is 0 Å². The Morgan fingerprint density at radius 1 is 1.29 bits per heavy atom. The minimum atomic E-state index is 0.0805. The summed E-state index contributed by atoms with van der Waals surface area (Å²) >= 11 is 0. The summed E-state index contributed by atoms with van der Waals surface area (Å²) in [5.74, 6) is 0.816. The highest BCUT2D eigenvalue weighted by Gasteiger charge is 2.80. The molecule has 3 aliphatic rings. The average Bonchev–Trinajstić information content (AvgIpc) is 2.61. The topological polar surface area (TPSA) is 38.0 Å². The third kappa shape index (κ3) is 0.674. The van der Waals surface area contributed by atoms with Crippen LogP contribution in [0.15, 0.2) is 0 Å². The maximum absolute atomic E-state index is 6.60. The van der Waals surface area contributed by atoms with Gasteiger partial charge in [-0.1, -0.05) is 20.3 Å². The number of nitrogens with two attached hydrogens (primary N) is 1. The number of piperidine rings is 1. The molecule has 3 fully saturated rings. The van der Waals surface area contributed by atoms with Gasteiger partial charge in [-0.25, -0.2) is 0 Å².